The van der Waals surface area contributed by atoms with Gasteiger partial charge in [-0.2, -0.15) is 9.97 Å². The van der Waals surface area contributed by atoms with Crippen LogP contribution in [0.1, 0.15) is 25.0 Å². The van der Waals surface area contributed by atoms with Crippen LogP contribution in [0.15, 0.2) is 65.8 Å². The first-order valence-corrected chi connectivity index (χ1v) is 12.0. The summed E-state index contributed by atoms with van der Waals surface area (Å²) in [6, 6.07) is 18.8. The predicted molar refractivity (Wildman–Crippen MR) is 135 cm³/mol. The molecule has 3 aromatic rings. The molecule has 2 fully saturated rings. The molecule has 1 amide bonds. The minimum absolute atomic E-state index is 0.101. The minimum atomic E-state index is -1.13. The van der Waals surface area contributed by atoms with Gasteiger partial charge >= 0.3 is 0 Å². The number of carbonyl (C=O) groups is 1. The number of benzene rings is 2. The van der Waals surface area contributed by atoms with Crippen molar-refractivity contribution in [3.63, 3.8) is 0 Å². The number of hydrogen-bond donors (Lipinski definition) is 2. The highest BCUT2D eigenvalue weighted by atomic mass is 16.8. The lowest BCUT2D eigenvalue weighted by molar-refractivity contribution is -0.234. The number of nitrogens with two attached hydrogens (primary N) is 1. The highest BCUT2D eigenvalue weighted by Gasteiger charge is 2.58. The van der Waals surface area contributed by atoms with Gasteiger partial charge in [-0.05, 0) is 30.2 Å². The van der Waals surface area contributed by atoms with Crippen LogP contribution in [-0.2, 0) is 37.0 Å². The summed E-state index contributed by atoms with van der Waals surface area (Å²) in [5.74, 6) is -2.20. The predicted octanol–water partition coefficient (Wildman–Crippen LogP) is 3.44. The van der Waals surface area contributed by atoms with Crippen molar-refractivity contribution in [2.45, 2.75) is 57.5 Å². The fraction of sp³-hybridized carbons (Fsp3) is 0.346. The van der Waals surface area contributed by atoms with Crippen molar-refractivity contribution in [2.24, 2.45) is 5.18 Å². The largest absolute Gasteiger partial charge is 0.471 e. The van der Waals surface area contributed by atoms with E-state index >= 15 is 0 Å². The standard InChI is InChI=1S/C26H27N5O7/c1-26(2)37-18-19(36-24(20(18)38-26)35-14-16-11-7-4-8-12-16)22(32)28-21-17(31-33)23(30-25(27)29-21)34-13-15-9-5-3-6-10-15/h3-12,18-20,24H,13-14H2,1-2H3,(H3,27,28,29,30,32)/t18-,19-,20+,24+/m0/s1. The quantitative estimate of drug-likeness (QED) is 0.400. The van der Waals surface area contributed by atoms with E-state index < -0.39 is 36.3 Å². The van der Waals surface area contributed by atoms with E-state index in [1.54, 1.807) is 13.8 Å². The Hall–Kier alpha value is -3.97. The SMILES string of the molecule is CC1(C)O[C@@H]2[C@@H](O1)[C@H](OCc1ccccc1)O[C@@H]2C(=O)Nc1nc(N)nc(OCc2ccccc2)c1N=O. The summed E-state index contributed by atoms with van der Waals surface area (Å²) in [7, 11) is 0. The zero-order chi connectivity index (χ0) is 26.7. The Kier molecular flexibility index (Phi) is 7.29. The molecule has 12 nitrogen and oxygen atoms in total. The first-order chi connectivity index (χ1) is 18.3. The van der Waals surface area contributed by atoms with E-state index in [0.29, 0.717) is 0 Å². The number of hydrogen-bond acceptors (Lipinski definition) is 11. The van der Waals surface area contributed by atoms with Crippen LogP contribution in [0.4, 0.5) is 17.5 Å². The summed E-state index contributed by atoms with van der Waals surface area (Å²) >= 11 is 0. The van der Waals surface area contributed by atoms with Gasteiger partial charge in [-0.1, -0.05) is 60.7 Å². The molecule has 2 aromatic carbocycles. The van der Waals surface area contributed by atoms with E-state index in [1.165, 1.54) is 0 Å². The Balaban J connectivity index is 1.32. The molecule has 2 aliphatic rings. The van der Waals surface area contributed by atoms with Gasteiger partial charge in [0.15, 0.2) is 24.0 Å². The number of anilines is 2. The number of nitrogens with zero attached hydrogens (tertiary/aromatic N) is 3. The highest BCUT2D eigenvalue weighted by molar-refractivity contribution is 5.97. The molecule has 2 aliphatic heterocycles. The molecule has 12 heteroatoms. The molecule has 0 aliphatic carbocycles. The number of amides is 1. The third-order valence-electron chi connectivity index (χ3n) is 5.95. The Morgan fingerprint density at radius 2 is 1.63 bits per heavy atom. The van der Waals surface area contributed by atoms with Crippen molar-refractivity contribution in [1.29, 1.82) is 0 Å². The second-order valence-corrected chi connectivity index (χ2v) is 9.23. The van der Waals surface area contributed by atoms with Crippen LogP contribution in [0, 0.1) is 4.91 Å². The average molecular weight is 522 g/mol. The minimum Gasteiger partial charge on any atom is -0.471 e. The number of aromatic nitrogens is 2. The van der Waals surface area contributed by atoms with Crippen LogP contribution < -0.4 is 15.8 Å². The second kappa shape index (κ2) is 10.8. The third-order valence-corrected chi connectivity index (χ3v) is 5.95. The molecule has 5 rings (SSSR count). The summed E-state index contributed by atoms with van der Waals surface area (Å²) in [4.78, 5) is 33.0. The van der Waals surface area contributed by atoms with E-state index in [9.17, 15) is 9.70 Å². The zero-order valence-electron chi connectivity index (χ0n) is 20.8. The molecule has 0 spiro atoms. The molecular formula is C26H27N5O7. The normalized spacial score (nSPS) is 23.5. The fourth-order valence-electron chi connectivity index (χ4n) is 4.29. The molecule has 0 unspecified atom stereocenters. The summed E-state index contributed by atoms with van der Waals surface area (Å²) in [5, 5.41) is 5.54. The van der Waals surface area contributed by atoms with E-state index in [1.807, 2.05) is 60.7 Å². The molecule has 3 heterocycles. The van der Waals surface area contributed by atoms with Crippen LogP contribution in [0.2, 0.25) is 0 Å². The maximum absolute atomic E-state index is 13.3. The van der Waals surface area contributed by atoms with Gasteiger partial charge in [0.2, 0.25) is 11.6 Å². The monoisotopic (exact) mass is 521 g/mol. The molecule has 198 valence electrons. The van der Waals surface area contributed by atoms with Crippen LogP contribution in [0.25, 0.3) is 0 Å². The van der Waals surface area contributed by atoms with Crippen molar-refractivity contribution in [2.75, 3.05) is 11.1 Å². The van der Waals surface area contributed by atoms with Crippen LogP contribution >= 0.6 is 0 Å². The Labute approximate surface area is 218 Å². The van der Waals surface area contributed by atoms with Crippen molar-refractivity contribution in [1.82, 2.24) is 9.97 Å². The van der Waals surface area contributed by atoms with E-state index in [0.717, 1.165) is 11.1 Å². The van der Waals surface area contributed by atoms with Gasteiger partial charge in [0, 0.05) is 0 Å². The van der Waals surface area contributed by atoms with E-state index in [2.05, 4.69) is 20.5 Å². The average Bonchev–Trinajstić information content (AvgIpc) is 3.40. The number of nitrogens with one attached hydrogen (secondary N) is 1. The molecule has 1 aromatic heterocycles. The summed E-state index contributed by atoms with van der Waals surface area (Å²) in [6.45, 7) is 3.83. The number of ether oxygens (including phenoxy) is 5. The van der Waals surface area contributed by atoms with Crippen molar-refractivity contribution in [3.05, 3.63) is 76.7 Å². The topological polar surface area (TPSA) is 156 Å². The maximum Gasteiger partial charge on any atom is 0.257 e. The number of nitrogen functional groups attached to an aromatic ring is 1. The summed E-state index contributed by atoms with van der Waals surface area (Å²) in [6.07, 6.45) is -3.44. The maximum atomic E-state index is 13.3. The van der Waals surface area contributed by atoms with Crippen LogP contribution in [0.3, 0.4) is 0 Å². The van der Waals surface area contributed by atoms with Crippen LogP contribution in [0.5, 0.6) is 5.88 Å². The van der Waals surface area contributed by atoms with E-state index in [4.69, 9.17) is 29.4 Å². The Bertz CT molecular complexity index is 1290. The highest BCUT2D eigenvalue weighted by Crippen LogP contribution is 2.40. The van der Waals surface area contributed by atoms with E-state index in [-0.39, 0.29) is 36.5 Å². The van der Waals surface area contributed by atoms with Gasteiger partial charge in [0.1, 0.15) is 18.8 Å². The molecule has 0 radical (unpaired) electrons. The Morgan fingerprint density at radius 3 is 2.29 bits per heavy atom. The van der Waals surface area contributed by atoms with Gasteiger partial charge in [-0.3, -0.25) is 4.79 Å². The number of fused-ring (bicyclic) bond motifs is 1. The first-order valence-electron chi connectivity index (χ1n) is 12.0. The summed E-state index contributed by atoms with van der Waals surface area (Å²) < 4.78 is 29.5. The van der Waals surface area contributed by atoms with Gasteiger partial charge in [0.05, 0.1) is 6.61 Å². The molecule has 0 bridgehead atoms. The first kappa shape index (κ1) is 25.7. The molecule has 4 atom stereocenters. The number of rotatable bonds is 9. The van der Waals surface area contributed by atoms with Crippen molar-refractivity contribution >= 4 is 23.4 Å². The molecule has 38 heavy (non-hydrogen) atoms. The van der Waals surface area contributed by atoms with Gasteiger partial charge < -0.3 is 34.7 Å². The number of nitroso groups, excluding NO2 is 1. The third kappa shape index (κ3) is 5.63. The lowest BCUT2D eigenvalue weighted by Gasteiger charge is -2.24. The lowest BCUT2D eigenvalue weighted by atomic mass is 10.1. The summed E-state index contributed by atoms with van der Waals surface area (Å²) in [5.41, 5.74) is 7.28. The van der Waals surface area contributed by atoms with Crippen molar-refractivity contribution in [3.8, 4) is 5.88 Å². The van der Waals surface area contributed by atoms with Gasteiger partial charge in [-0.15, -0.1) is 4.91 Å². The van der Waals surface area contributed by atoms with Crippen molar-refractivity contribution < 1.29 is 28.5 Å². The molecule has 2 saturated heterocycles. The molecule has 3 N–H and O–H groups in total. The van der Waals surface area contributed by atoms with Gasteiger partial charge in [0.25, 0.3) is 11.8 Å². The van der Waals surface area contributed by atoms with Crippen LogP contribution in [-0.4, -0.2) is 46.3 Å². The number of carbonyl (C=O) groups excluding carboxylic acids is 1. The molecule has 0 saturated carbocycles. The van der Waals surface area contributed by atoms with Gasteiger partial charge in [-0.25, -0.2) is 0 Å². The molecular weight excluding hydrogens is 494 g/mol. The second-order valence-electron chi connectivity index (χ2n) is 9.23. The lowest BCUT2D eigenvalue weighted by Crippen LogP contribution is -2.39. The fourth-order valence-corrected chi connectivity index (χ4v) is 4.29. The smallest absolute Gasteiger partial charge is 0.257 e. The Morgan fingerprint density at radius 1 is 1.00 bits per heavy atom. The zero-order valence-corrected chi connectivity index (χ0v) is 20.8.